The normalized spacial score (nSPS) is 19.4. The lowest BCUT2D eigenvalue weighted by Gasteiger charge is -2.34. The van der Waals surface area contributed by atoms with Crippen LogP contribution < -0.4 is 0 Å². The van der Waals surface area contributed by atoms with E-state index in [0.717, 1.165) is 36.8 Å². The van der Waals surface area contributed by atoms with E-state index in [-0.39, 0.29) is 18.3 Å². The maximum Gasteiger partial charge on any atom is 0.309 e. The molecule has 5 nitrogen and oxygen atoms in total. The molecule has 1 heterocycles. The highest BCUT2D eigenvalue weighted by Crippen LogP contribution is 2.30. The van der Waals surface area contributed by atoms with Crippen LogP contribution in [-0.2, 0) is 26.0 Å². The van der Waals surface area contributed by atoms with Crippen molar-refractivity contribution in [2.45, 2.75) is 56.6 Å². The molecule has 0 aromatic heterocycles. The van der Waals surface area contributed by atoms with Crippen LogP contribution in [0.1, 0.15) is 56.1 Å². The summed E-state index contributed by atoms with van der Waals surface area (Å²) < 4.78 is 32.5. The summed E-state index contributed by atoms with van der Waals surface area (Å²) in [4.78, 5) is 11.5. The molecular formula is C21H31NO4S. The number of hydrogen-bond acceptors (Lipinski definition) is 4. The van der Waals surface area contributed by atoms with Gasteiger partial charge in [-0.1, -0.05) is 50.1 Å². The topological polar surface area (TPSA) is 63.7 Å². The van der Waals surface area contributed by atoms with E-state index in [0.29, 0.717) is 19.5 Å². The minimum absolute atomic E-state index is 0.141. The first-order valence-corrected chi connectivity index (χ1v) is 11.2. The molecule has 0 bridgehead atoms. The molecule has 1 aromatic carbocycles. The molecule has 1 aromatic rings. The highest BCUT2D eigenvalue weighted by atomic mass is 32.2. The van der Waals surface area contributed by atoms with Gasteiger partial charge in [-0.25, -0.2) is 12.7 Å². The third-order valence-corrected chi connectivity index (χ3v) is 7.48. The van der Waals surface area contributed by atoms with Crippen molar-refractivity contribution < 1.29 is 17.9 Å². The van der Waals surface area contributed by atoms with Gasteiger partial charge in [-0.2, -0.15) is 0 Å². The molecule has 0 N–H and O–H groups in total. The molecule has 1 fully saturated rings. The lowest BCUT2D eigenvalue weighted by molar-refractivity contribution is -0.139. The third kappa shape index (κ3) is 5.66. The van der Waals surface area contributed by atoms with Gasteiger partial charge in [0.25, 0.3) is 0 Å². The molecule has 2 rings (SSSR count). The van der Waals surface area contributed by atoms with Crippen LogP contribution in [0.3, 0.4) is 0 Å². The largest absolute Gasteiger partial charge is 0.469 e. The predicted octanol–water partition coefficient (Wildman–Crippen LogP) is 3.66. The van der Waals surface area contributed by atoms with Crippen molar-refractivity contribution in [3.63, 3.8) is 0 Å². The average Bonchev–Trinajstić information content (AvgIpc) is 2.68. The summed E-state index contributed by atoms with van der Waals surface area (Å²) in [6, 6.07) is 7.84. The quantitative estimate of drug-likeness (QED) is 0.474. The molecule has 1 aliphatic rings. The van der Waals surface area contributed by atoms with Crippen molar-refractivity contribution in [3.05, 3.63) is 48.0 Å². The van der Waals surface area contributed by atoms with Crippen LogP contribution in [0.2, 0.25) is 0 Å². The fourth-order valence-corrected chi connectivity index (χ4v) is 5.49. The molecule has 0 saturated carbocycles. The summed E-state index contributed by atoms with van der Waals surface area (Å²) >= 11 is 0. The molecule has 1 saturated heterocycles. The van der Waals surface area contributed by atoms with Crippen LogP contribution in [-0.4, -0.2) is 44.1 Å². The molecule has 0 spiro atoms. The number of ether oxygens (including phenoxy) is 1. The molecule has 6 heteroatoms. The zero-order chi connectivity index (χ0) is 19.9. The highest BCUT2D eigenvalue weighted by Gasteiger charge is 2.34. The third-order valence-electron chi connectivity index (χ3n) is 5.23. The number of rotatable bonds is 9. The highest BCUT2D eigenvalue weighted by molar-refractivity contribution is 7.89. The van der Waals surface area contributed by atoms with Gasteiger partial charge in [-0.3, -0.25) is 4.79 Å². The van der Waals surface area contributed by atoms with Crippen molar-refractivity contribution in [1.82, 2.24) is 4.31 Å². The molecule has 150 valence electrons. The Labute approximate surface area is 163 Å². The van der Waals surface area contributed by atoms with E-state index in [9.17, 15) is 13.2 Å². The molecular weight excluding hydrogens is 362 g/mol. The maximum absolute atomic E-state index is 13.0. The van der Waals surface area contributed by atoms with Crippen LogP contribution in [0.25, 0.3) is 0 Å². The number of sulfonamides is 1. The van der Waals surface area contributed by atoms with E-state index >= 15 is 0 Å². The van der Waals surface area contributed by atoms with Crippen molar-refractivity contribution in [1.29, 1.82) is 0 Å². The SMILES string of the molecule is C=CC(CCCC)S(=O)(=O)N1CCCC(c2cccc(CC(=O)OC)c2)C1. The van der Waals surface area contributed by atoms with Crippen molar-refractivity contribution >= 4 is 16.0 Å². The fourth-order valence-electron chi connectivity index (χ4n) is 3.63. The van der Waals surface area contributed by atoms with Gasteiger partial charge < -0.3 is 4.74 Å². The molecule has 2 atom stereocenters. The Morgan fingerprint density at radius 3 is 2.89 bits per heavy atom. The zero-order valence-corrected chi connectivity index (χ0v) is 17.2. The summed E-state index contributed by atoms with van der Waals surface area (Å²) in [5, 5.41) is -0.512. The van der Waals surface area contributed by atoms with Crippen LogP contribution >= 0.6 is 0 Å². The van der Waals surface area contributed by atoms with E-state index < -0.39 is 15.3 Å². The Bertz CT molecular complexity index is 744. The van der Waals surface area contributed by atoms with Gasteiger partial charge in [0.2, 0.25) is 10.0 Å². The van der Waals surface area contributed by atoms with Gasteiger partial charge in [0.15, 0.2) is 0 Å². The summed E-state index contributed by atoms with van der Waals surface area (Å²) in [5.41, 5.74) is 1.98. The number of methoxy groups -OCH3 is 1. The first-order chi connectivity index (χ1) is 12.9. The van der Waals surface area contributed by atoms with Gasteiger partial charge in [0.1, 0.15) is 0 Å². The van der Waals surface area contributed by atoms with E-state index in [1.165, 1.54) is 7.11 Å². The lowest BCUT2D eigenvalue weighted by atomic mass is 9.90. The molecule has 0 radical (unpaired) electrons. The Kier molecular flexibility index (Phi) is 8.05. The first-order valence-electron chi connectivity index (χ1n) is 9.69. The van der Waals surface area contributed by atoms with Crippen LogP contribution in [0, 0.1) is 0 Å². The monoisotopic (exact) mass is 393 g/mol. The number of unbranched alkanes of at least 4 members (excludes halogenated alkanes) is 1. The number of piperidine rings is 1. The van der Waals surface area contributed by atoms with Crippen molar-refractivity contribution in [3.8, 4) is 0 Å². The lowest BCUT2D eigenvalue weighted by Crippen LogP contribution is -2.43. The molecule has 0 amide bonds. The van der Waals surface area contributed by atoms with Gasteiger partial charge in [-0.05, 0) is 36.3 Å². The van der Waals surface area contributed by atoms with Gasteiger partial charge in [0, 0.05) is 13.1 Å². The van der Waals surface area contributed by atoms with Gasteiger partial charge >= 0.3 is 5.97 Å². The predicted molar refractivity (Wildman–Crippen MR) is 108 cm³/mol. The fraction of sp³-hybridized carbons (Fsp3) is 0.571. The van der Waals surface area contributed by atoms with E-state index in [1.54, 1.807) is 10.4 Å². The zero-order valence-electron chi connectivity index (χ0n) is 16.4. The standard InChI is InChI=1S/C21H31NO4S/c1-4-6-12-20(5-2)27(24,25)22-13-8-11-19(16-22)18-10-7-9-17(14-18)15-21(23)26-3/h5,7,9-10,14,19-20H,2,4,6,8,11-13,15-16H2,1,3H3. The summed E-state index contributed by atoms with van der Waals surface area (Å²) in [6.45, 7) is 6.86. The van der Waals surface area contributed by atoms with Gasteiger partial charge in [-0.15, -0.1) is 6.58 Å². The minimum Gasteiger partial charge on any atom is -0.469 e. The molecule has 2 unspecified atom stereocenters. The second-order valence-corrected chi connectivity index (χ2v) is 9.31. The summed E-state index contributed by atoms with van der Waals surface area (Å²) in [5.74, 6) is -0.132. The number of hydrogen-bond donors (Lipinski definition) is 0. The van der Waals surface area contributed by atoms with Gasteiger partial charge in [0.05, 0.1) is 18.8 Å². The Morgan fingerprint density at radius 1 is 1.44 bits per heavy atom. The van der Waals surface area contributed by atoms with Crippen LogP contribution in [0.5, 0.6) is 0 Å². The Hall–Kier alpha value is -1.66. The second-order valence-electron chi connectivity index (χ2n) is 7.16. The van der Waals surface area contributed by atoms with Crippen LogP contribution in [0.4, 0.5) is 0 Å². The number of carbonyl (C=O) groups is 1. The number of esters is 1. The number of benzene rings is 1. The van der Waals surface area contributed by atoms with E-state index in [4.69, 9.17) is 4.74 Å². The van der Waals surface area contributed by atoms with E-state index in [2.05, 4.69) is 13.5 Å². The average molecular weight is 394 g/mol. The number of nitrogens with zero attached hydrogens (tertiary/aromatic N) is 1. The van der Waals surface area contributed by atoms with Crippen molar-refractivity contribution in [2.24, 2.45) is 0 Å². The van der Waals surface area contributed by atoms with Crippen molar-refractivity contribution in [2.75, 3.05) is 20.2 Å². The summed E-state index contributed by atoms with van der Waals surface area (Å²) in [6.07, 6.45) is 6.06. The Balaban J connectivity index is 2.14. The van der Waals surface area contributed by atoms with Crippen LogP contribution in [0.15, 0.2) is 36.9 Å². The Morgan fingerprint density at radius 2 is 2.22 bits per heavy atom. The smallest absolute Gasteiger partial charge is 0.309 e. The number of carbonyl (C=O) groups excluding carboxylic acids is 1. The molecule has 0 aliphatic carbocycles. The summed E-state index contributed by atoms with van der Waals surface area (Å²) in [7, 11) is -2.00. The molecule has 27 heavy (non-hydrogen) atoms. The first kappa shape index (κ1) is 21.6. The maximum atomic E-state index is 13.0. The van der Waals surface area contributed by atoms with E-state index in [1.807, 2.05) is 24.3 Å². The second kappa shape index (κ2) is 10.0. The molecule has 1 aliphatic heterocycles. The minimum atomic E-state index is -3.38.